The molecule has 0 bridgehead atoms. The maximum atomic E-state index is 14.6. The Morgan fingerprint density at radius 1 is 1.00 bits per heavy atom. The van der Waals surface area contributed by atoms with E-state index in [2.05, 4.69) is 26.4 Å². The standard InChI is InChI=1S/C29H37F2N7O7/c1-27(2,3)44-25(40)35-24(36-26(41)45-28(4,5)6)37-43-15-14-33-23(39)16-21-19(17-32)12-13-22(38(21)42)34-18-29(30,31)20-10-8-7-9-11-20/h7-13,34H,14-16,18H2,1-6H3,(H,33,39)(H2,35,36,37,40,41). The lowest BCUT2D eigenvalue weighted by atomic mass is 10.1. The second-order valence-electron chi connectivity index (χ2n) is 11.5. The van der Waals surface area contributed by atoms with Crippen molar-refractivity contribution in [1.82, 2.24) is 16.1 Å². The minimum Gasteiger partial charge on any atom is -0.710 e. The Morgan fingerprint density at radius 2 is 1.64 bits per heavy atom. The van der Waals surface area contributed by atoms with Gasteiger partial charge in [0.15, 0.2) is 6.54 Å². The summed E-state index contributed by atoms with van der Waals surface area (Å²) in [4.78, 5) is 45.6. The maximum absolute atomic E-state index is 14.6. The number of nitrogens with zero attached hydrogens (tertiary/aromatic N) is 3. The van der Waals surface area contributed by atoms with Crippen LogP contribution in [0.4, 0.5) is 24.2 Å². The Bertz CT molecular complexity index is 1420. The number of amides is 3. The van der Waals surface area contributed by atoms with Crippen LogP contribution in [0.2, 0.25) is 0 Å². The van der Waals surface area contributed by atoms with Crippen LogP contribution in [0.25, 0.3) is 0 Å². The number of hydrogen-bond donors (Lipinski definition) is 4. The summed E-state index contributed by atoms with van der Waals surface area (Å²) in [5.41, 5.74) is -0.0547. The van der Waals surface area contributed by atoms with Gasteiger partial charge in [-0.3, -0.25) is 20.3 Å². The quantitative estimate of drug-likeness (QED) is 0.0753. The molecule has 0 unspecified atom stereocenters. The van der Waals surface area contributed by atoms with E-state index in [0.29, 0.717) is 0 Å². The summed E-state index contributed by atoms with van der Waals surface area (Å²) in [7, 11) is 0. The van der Waals surface area contributed by atoms with E-state index in [9.17, 15) is 33.6 Å². The molecule has 0 aliphatic heterocycles. The minimum atomic E-state index is -3.30. The Balaban J connectivity index is 1.98. The summed E-state index contributed by atoms with van der Waals surface area (Å²) in [5, 5.41) is 29.4. The molecule has 0 aliphatic carbocycles. The largest absolute Gasteiger partial charge is 0.710 e. The summed E-state index contributed by atoms with van der Waals surface area (Å²) in [6.45, 7) is 8.54. The molecule has 14 nitrogen and oxygen atoms in total. The van der Waals surface area contributed by atoms with Gasteiger partial charge in [0.05, 0.1) is 18.6 Å². The molecule has 45 heavy (non-hydrogen) atoms. The zero-order chi connectivity index (χ0) is 33.8. The second kappa shape index (κ2) is 15.6. The molecule has 2 aromatic rings. The zero-order valence-corrected chi connectivity index (χ0v) is 25.8. The van der Waals surface area contributed by atoms with Crippen molar-refractivity contribution in [2.45, 2.75) is 65.1 Å². The molecule has 16 heteroatoms. The predicted molar refractivity (Wildman–Crippen MR) is 158 cm³/mol. The number of anilines is 1. The number of aliphatic imine (C=N–C) groups is 1. The third-order valence-corrected chi connectivity index (χ3v) is 5.23. The fraction of sp³-hybridized carbons (Fsp3) is 0.448. The average molecular weight is 634 g/mol. The molecule has 0 fully saturated rings. The third kappa shape index (κ3) is 13.0. The number of carbonyl (C=O) groups is 3. The first-order chi connectivity index (χ1) is 20.9. The minimum absolute atomic E-state index is 0.116. The summed E-state index contributed by atoms with van der Waals surface area (Å²) in [6.07, 6.45) is -2.51. The molecule has 1 aromatic heterocycles. The number of alkyl halides is 2. The lowest BCUT2D eigenvalue weighted by Gasteiger charge is -2.21. The summed E-state index contributed by atoms with van der Waals surface area (Å²) < 4.78 is 39.6. The number of pyridine rings is 1. The number of halogens is 2. The number of guanidine groups is 1. The SMILES string of the molecule is CC(C)(C)OC(=O)/N=C(/NOCCNC(=O)Cc1c(C#N)ccc(NCC(F)(F)c2ccccc2)[n+]1[O-])NC(=O)OC(C)(C)C. The first kappa shape index (κ1) is 36.2. The van der Waals surface area contributed by atoms with E-state index in [-0.39, 0.29) is 40.5 Å². The molecule has 3 amide bonds. The predicted octanol–water partition coefficient (Wildman–Crippen LogP) is 3.39. The average Bonchev–Trinajstić information content (AvgIpc) is 2.91. The van der Waals surface area contributed by atoms with Crippen LogP contribution in [0.5, 0.6) is 0 Å². The van der Waals surface area contributed by atoms with Crippen molar-refractivity contribution in [3.05, 3.63) is 64.5 Å². The summed E-state index contributed by atoms with van der Waals surface area (Å²) in [6, 6.07) is 11.3. The molecule has 1 aromatic carbocycles. The second-order valence-corrected chi connectivity index (χ2v) is 11.5. The Morgan fingerprint density at radius 3 is 2.24 bits per heavy atom. The highest BCUT2D eigenvalue weighted by Crippen LogP contribution is 2.27. The third-order valence-electron chi connectivity index (χ3n) is 5.23. The van der Waals surface area contributed by atoms with E-state index in [4.69, 9.17) is 14.3 Å². The fourth-order valence-electron chi connectivity index (χ4n) is 3.39. The Labute approximate surface area is 259 Å². The number of hydroxylamine groups is 1. The zero-order valence-electron chi connectivity index (χ0n) is 25.8. The molecule has 0 radical (unpaired) electrons. The van der Waals surface area contributed by atoms with Crippen molar-refractivity contribution in [2.75, 3.05) is 25.0 Å². The molecule has 0 atom stereocenters. The topological polar surface area (TPSA) is 190 Å². The number of nitrogens with one attached hydrogen (secondary N) is 4. The highest BCUT2D eigenvalue weighted by atomic mass is 19.3. The number of nitriles is 1. The van der Waals surface area contributed by atoms with Gasteiger partial charge in [0.1, 0.15) is 23.0 Å². The fourth-order valence-corrected chi connectivity index (χ4v) is 3.39. The summed E-state index contributed by atoms with van der Waals surface area (Å²) in [5.74, 6) is -4.69. The van der Waals surface area contributed by atoms with Crippen LogP contribution in [0, 0.1) is 16.5 Å². The molecule has 244 valence electrons. The van der Waals surface area contributed by atoms with Gasteiger partial charge in [-0.15, -0.1) is 4.99 Å². The van der Waals surface area contributed by atoms with Gasteiger partial charge in [-0.25, -0.2) is 19.8 Å². The van der Waals surface area contributed by atoms with Gasteiger partial charge < -0.3 is 20.0 Å². The number of aromatic nitrogens is 1. The number of carbonyl (C=O) groups excluding carboxylic acids is 3. The monoisotopic (exact) mass is 633 g/mol. The van der Waals surface area contributed by atoms with E-state index < -0.39 is 54.1 Å². The molecule has 0 saturated carbocycles. The summed E-state index contributed by atoms with van der Waals surface area (Å²) >= 11 is 0. The highest BCUT2D eigenvalue weighted by molar-refractivity contribution is 5.98. The molecule has 0 spiro atoms. The molecular weight excluding hydrogens is 596 g/mol. The molecule has 2 rings (SSSR count). The molecule has 4 N–H and O–H groups in total. The van der Waals surface area contributed by atoms with Crippen LogP contribution in [-0.4, -0.2) is 55.0 Å². The number of rotatable bonds is 10. The van der Waals surface area contributed by atoms with Gasteiger partial charge in [-0.05, 0) is 47.6 Å². The lowest BCUT2D eigenvalue weighted by molar-refractivity contribution is -0.598. The molecule has 0 aliphatic rings. The van der Waals surface area contributed by atoms with Crippen molar-refractivity contribution in [3.8, 4) is 6.07 Å². The van der Waals surface area contributed by atoms with Crippen LogP contribution >= 0.6 is 0 Å². The van der Waals surface area contributed by atoms with Crippen LogP contribution in [0.3, 0.4) is 0 Å². The van der Waals surface area contributed by atoms with Crippen molar-refractivity contribution in [2.24, 2.45) is 4.99 Å². The normalized spacial score (nSPS) is 12.0. The number of benzene rings is 1. The van der Waals surface area contributed by atoms with E-state index in [1.165, 1.54) is 36.4 Å². The van der Waals surface area contributed by atoms with Crippen LogP contribution < -0.4 is 26.2 Å². The van der Waals surface area contributed by atoms with E-state index in [1.807, 2.05) is 6.07 Å². The first-order valence-corrected chi connectivity index (χ1v) is 13.7. The Hall–Kier alpha value is -5.04. The van der Waals surface area contributed by atoms with Crippen molar-refractivity contribution in [3.63, 3.8) is 0 Å². The van der Waals surface area contributed by atoms with Crippen LogP contribution in [0.1, 0.15) is 58.4 Å². The van der Waals surface area contributed by atoms with Crippen molar-refractivity contribution >= 4 is 29.9 Å². The van der Waals surface area contributed by atoms with Gasteiger partial charge >= 0.3 is 18.1 Å². The number of alkyl carbamates (subject to hydrolysis) is 1. The van der Waals surface area contributed by atoms with Gasteiger partial charge in [0.2, 0.25) is 11.9 Å². The molecular formula is C29H37F2N7O7. The van der Waals surface area contributed by atoms with Crippen LogP contribution in [0.15, 0.2) is 47.5 Å². The molecule has 0 saturated heterocycles. The van der Waals surface area contributed by atoms with E-state index >= 15 is 0 Å². The maximum Gasteiger partial charge on any atom is 0.437 e. The lowest BCUT2D eigenvalue weighted by Crippen LogP contribution is -2.45. The van der Waals surface area contributed by atoms with Gasteiger partial charge in [0.25, 0.3) is 5.82 Å². The van der Waals surface area contributed by atoms with Crippen molar-refractivity contribution in [1.29, 1.82) is 5.26 Å². The van der Waals surface area contributed by atoms with Gasteiger partial charge in [-0.1, -0.05) is 30.3 Å². The van der Waals surface area contributed by atoms with Gasteiger partial charge in [-0.2, -0.15) is 14.0 Å². The highest BCUT2D eigenvalue weighted by Gasteiger charge is 2.34. The Kier molecular flexibility index (Phi) is 12.5. The van der Waals surface area contributed by atoms with E-state index in [0.717, 1.165) is 0 Å². The number of hydrogen-bond acceptors (Lipinski definition) is 9. The van der Waals surface area contributed by atoms with E-state index in [1.54, 1.807) is 47.6 Å². The number of ether oxygens (including phenoxy) is 2. The molecule has 1 heterocycles. The van der Waals surface area contributed by atoms with Crippen molar-refractivity contribution < 1.29 is 42.2 Å². The van der Waals surface area contributed by atoms with Gasteiger partial charge in [0, 0.05) is 18.2 Å². The van der Waals surface area contributed by atoms with Crippen LogP contribution in [-0.2, 0) is 31.4 Å². The smallest absolute Gasteiger partial charge is 0.437 e. The first-order valence-electron chi connectivity index (χ1n) is 13.7.